The molecule has 0 aromatic heterocycles. The van der Waals surface area contributed by atoms with Gasteiger partial charge >= 0.3 is 0 Å². The number of halogens is 1. The molecule has 0 amide bonds. The maximum absolute atomic E-state index is 11.6. The monoisotopic (exact) mass is 330 g/mol. The summed E-state index contributed by atoms with van der Waals surface area (Å²) in [5.41, 5.74) is 3.25. The van der Waals surface area contributed by atoms with Gasteiger partial charge in [0.1, 0.15) is 5.75 Å². The molecule has 0 N–H and O–H groups in total. The quantitative estimate of drug-likeness (QED) is 0.474. The van der Waals surface area contributed by atoms with Crippen LogP contribution in [0.4, 0.5) is 0 Å². The first-order valence-electron chi connectivity index (χ1n) is 8.08. The lowest BCUT2D eigenvalue weighted by Gasteiger charge is -2.20. The first kappa shape index (κ1) is 17.6. The number of hydrogen-bond acceptors (Lipinski definition) is 2. The molecule has 2 aromatic carbocycles. The van der Waals surface area contributed by atoms with Crippen LogP contribution in [0.3, 0.4) is 0 Å². The predicted molar refractivity (Wildman–Crippen MR) is 95.3 cm³/mol. The molecule has 0 aliphatic heterocycles. The van der Waals surface area contributed by atoms with Gasteiger partial charge in [0.25, 0.3) is 0 Å². The summed E-state index contributed by atoms with van der Waals surface area (Å²) in [4.78, 5) is 11.6. The molecule has 0 fully saturated rings. The van der Waals surface area contributed by atoms with Crippen molar-refractivity contribution in [3.63, 3.8) is 0 Å². The molecular formula is C20H23ClO2. The lowest BCUT2D eigenvalue weighted by atomic mass is 9.87. The molecule has 0 bridgehead atoms. The Morgan fingerprint density at radius 3 is 2.57 bits per heavy atom. The third kappa shape index (κ3) is 5.11. The summed E-state index contributed by atoms with van der Waals surface area (Å²) < 4.78 is 5.96. The molecule has 0 aliphatic carbocycles. The van der Waals surface area contributed by atoms with Crippen molar-refractivity contribution >= 4 is 16.8 Å². The number of hydrogen-bond donors (Lipinski definition) is 0. The van der Waals surface area contributed by atoms with Crippen LogP contribution in [0.25, 0.3) is 0 Å². The summed E-state index contributed by atoms with van der Waals surface area (Å²) in [6.07, 6.45) is 2.36. The molecule has 0 saturated carbocycles. The zero-order valence-corrected chi connectivity index (χ0v) is 14.5. The van der Waals surface area contributed by atoms with Crippen molar-refractivity contribution < 1.29 is 9.53 Å². The third-order valence-corrected chi connectivity index (χ3v) is 4.02. The molecule has 2 rings (SSSR count). The van der Waals surface area contributed by atoms with E-state index in [4.69, 9.17) is 16.3 Å². The minimum absolute atomic E-state index is 0.0854. The Morgan fingerprint density at radius 1 is 1.17 bits per heavy atom. The van der Waals surface area contributed by atoms with Gasteiger partial charge in [0, 0.05) is 17.9 Å². The Hall–Kier alpha value is -1.80. The first-order valence-corrected chi connectivity index (χ1v) is 8.46. The zero-order valence-electron chi connectivity index (χ0n) is 13.7. The highest BCUT2D eigenvalue weighted by Gasteiger charge is 2.21. The normalized spacial score (nSPS) is 12.0. The van der Waals surface area contributed by atoms with Crippen LogP contribution in [0.1, 0.15) is 48.8 Å². The average Bonchev–Trinajstić information content (AvgIpc) is 2.55. The highest BCUT2D eigenvalue weighted by Crippen LogP contribution is 2.35. The predicted octanol–water partition coefficient (Wildman–Crippen LogP) is 5.46. The molecule has 1 atom stereocenters. The topological polar surface area (TPSA) is 26.3 Å². The van der Waals surface area contributed by atoms with Crippen molar-refractivity contribution in [2.24, 2.45) is 0 Å². The van der Waals surface area contributed by atoms with Crippen LogP contribution in [0.5, 0.6) is 5.75 Å². The molecule has 23 heavy (non-hydrogen) atoms. The molecule has 0 heterocycles. The lowest BCUT2D eigenvalue weighted by molar-refractivity contribution is -0.111. The van der Waals surface area contributed by atoms with Crippen molar-refractivity contribution in [3.05, 3.63) is 65.2 Å². The van der Waals surface area contributed by atoms with Gasteiger partial charge in [0.05, 0.1) is 6.61 Å². The van der Waals surface area contributed by atoms with E-state index < -0.39 is 0 Å². The molecule has 122 valence electrons. The summed E-state index contributed by atoms with van der Waals surface area (Å²) >= 11 is 5.71. The van der Waals surface area contributed by atoms with Crippen LogP contribution in [-0.2, 0) is 4.79 Å². The highest BCUT2D eigenvalue weighted by molar-refractivity contribution is 6.63. The van der Waals surface area contributed by atoms with Crippen LogP contribution >= 0.6 is 11.6 Å². The molecule has 0 spiro atoms. The van der Waals surface area contributed by atoms with Crippen molar-refractivity contribution in [1.29, 1.82) is 0 Å². The largest absolute Gasteiger partial charge is 0.493 e. The summed E-state index contributed by atoms with van der Waals surface area (Å²) in [6.45, 7) is 4.87. The van der Waals surface area contributed by atoms with Gasteiger partial charge in [-0.15, -0.1) is 0 Å². The Labute approximate surface area is 143 Å². The molecular weight excluding hydrogens is 308 g/mol. The van der Waals surface area contributed by atoms with Gasteiger partial charge in [-0.25, -0.2) is 0 Å². The zero-order chi connectivity index (χ0) is 16.7. The number of rotatable bonds is 8. The number of carbonyl (C=O) groups is 1. The number of carbonyl (C=O) groups excluding carboxylic acids is 1. The van der Waals surface area contributed by atoms with Gasteiger partial charge in [0.2, 0.25) is 5.24 Å². The van der Waals surface area contributed by atoms with E-state index in [1.165, 1.54) is 0 Å². The van der Waals surface area contributed by atoms with Crippen molar-refractivity contribution in [3.8, 4) is 5.75 Å². The second-order valence-electron chi connectivity index (χ2n) is 5.77. The number of benzene rings is 2. The van der Waals surface area contributed by atoms with Gasteiger partial charge in [0.15, 0.2) is 0 Å². The fourth-order valence-corrected chi connectivity index (χ4v) is 2.81. The Morgan fingerprint density at radius 2 is 1.91 bits per heavy atom. The third-order valence-electron chi connectivity index (χ3n) is 3.86. The molecule has 3 heteroatoms. The van der Waals surface area contributed by atoms with E-state index in [2.05, 4.69) is 13.0 Å². The molecule has 2 nitrogen and oxygen atoms in total. The summed E-state index contributed by atoms with van der Waals surface area (Å²) in [6, 6.07) is 16.1. The molecule has 2 aromatic rings. The second-order valence-corrected chi connectivity index (χ2v) is 6.19. The average molecular weight is 331 g/mol. The van der Waals surface area contributed by atoms with Crippen LogP contribution in [0, 0.1) is 6.92 Å². The van der Waals surface area contributed by atoms with Crippen molar-refractivity contribution in [2.75, 3.05) is 6.61 Å². The van der Waals surface area contributed by atoms with E-state index in [0.29, 0.717) is 6.61 Å². The van der Waals surface area contributed by atoms with E-state index >= 15 is 0 Å². The Balaban J connectivity index is 2.40. The SMILES string of the molecule is CCCCOc1ccc(C)cc1C(CC(=O)Cl)c1ccccc1. The first-order chi connectivity index (χ1) is 11.1. The second kappa shape index (κ2) is 8.73. The van der Waals surface area contributed by atoms with Crippen LogP contribution < -0.4 is 4.74 Å². The summed E-state index contributed by atoms with van der Waals surface area (Å²) in [7, 11) is 0. The Bertz CT molecular complexity index is 637. The fraction of sp³-hybridized carbons (Fsp3) is 0.350. The molecule has 0 saturated heterocycles. The van der Waals surface area contributed by atoms with Gasteiger partial charge in [-0.1, -0.05) is 61.4 Å². The van der Waals surface area contributed by atoms with Gasteiger partial charge in [-0.05, 0) is 36.6 Å². The minimum atomic E-state index is -0.333. The van der Waals surface area contributed by atoms with Crippen LogP contribution in [-0.4, -0.2) is 11.8 Å². The van der Waals surface area contributed by atoms with Crippen molar-refractivity contribution in [1.82, 2.24) is 0 Å². The fourth-order valence-electron chi connectivity index (χ4n) is 2.65. The Kier molecular flexibility index (Phi) is 6.66. The number of ether oxygens (including phenoxy) is 1. The standard InChI is InChI=1S/C20H23ClO2/c1-3-4-12-23-19-11-10-15(2)13-18(19)17(14-20(21)22)16-8-6-5-7-9-16/h5-11,13,17H,3-4,12,14H2,1-2H3. The smallest absolute Gasteiger partial charge is 0.222 e. The van der Waals surface area contributed by atoms with Crippen molar-refractivity contribution in [2.45, 2.75) is 39.0 Å². The molecule has 0 aliphatic rings. The van der Waals surface area contributed by atoms with Gasteiger partial charge < -0.3 is 4.74 Å². The summed E-state index contributed by atoms with van der Waals surface area (Å²) in [5.74, 6) is 0.758. The summed E-state index contributed by atoms with van der Waals surface area (Å²) in [5, 5.41) is -0.333. The van der Waals surface area contributed by atoms with E-state index in [1.807, 2.05) is 49.4 Å². The van der Waals surface area contributed by atoms with E-state index in [0.717, 1.165) is 35.3 Å². The van der Waals surface area contributed by atoms with E-state index in [1.54, 1.807) is 0 Å². The van der Waals surface area contributed by atoms with Crippen LogP contribution in [0.15, 0.2) is 48.5 Å². The highest BCUT2D eigenvalue weighted by atomic mass is 35.5. The lowest BCUT2D eigenvalue weighted by Crippen LogP contribution is -2.09. The van der Waals surface area contributed by atoms with Gasteiger partial charge in [-0.3, -0.25) is 4.79 Å². The minimum Gasteiger partial charge on any atom is -0.493 e. The van der Waals surface area contributed by atoms with E-state index in [-0.39, 0.29) is 17.6 Å². The number of aryl methyl sites for hydroxylation is 1. The van der Waals surface area contributed by atoms with E-state index in [9.17, 15) is 4.79 Å². The molecule has 0 radical (unpaired) electrons. The number of unbranched alkanes of at least 4 members (excludes halogenated alkanes) is 1. The molecule has 1 unspecified atom stereocenters. The van der Waals surface area contributed by atoms with Crippen LogP contribution in [0.2, 0.25) is 0 Å². The van der Waals surface area contributed by atoms with Gasteiger partial charge in [-0.2, -0.15) is 0 Å². The maximum atomic E-state index is 11.6. The maximum Gasteiger partial charge on any atom is 0.222 e.